The molecule has 0 atom stereocenters. The monoisotopic (exact) mass is 178 g/mol. The van der Waals surface area contributed by atoms with E-state index in [1.54, 1.807) is 6.08 Å². The maximum absolute atomic E-state index is 3.77. The fourth-order valence-electron chi connectivity index (χ4n) is 0.446. The lowest BCUT2D eigenvalue weighted by molar-refractivity contribution is 1.12. The fraction of sp³-hybridized carbons (Fsp3) is 0.385. The Kier molecular flexibility index (Phi) is 10.1. The molecule has 0 aliphatic heterocycles. The van der Waals surface area contributed by atoms with Gasteiger partial charge in [0.2, 0.25) is 0 Å². The molecular weight excluding hydrogens is 156 g/mol. The van der Waals surface area contributed by atoms with Crippen LogP contribution < -0.4 is 0 Å². The van der Waals surface area contributed by atoms with Crippen LogP contribution in [0.15, 0.2) is 49.1 Å². The molecule has 0 amide bonds. The van der Waals surface area contributed by atoms with Gasteiger partial charge in [0.1, 0.15) is 0 Å². The second-order valence-electron chi connectivity index (χ2n) is 2.95. The first-order valence-corrected chi connectivity index (χ1v) is 4.63. The summed E-state index contributed by atoms with van der Waals surface area (Å²) >= 11 is 0. The first-order chi connectivity index (χ1) is 5.99. The molecule has 0 aromatic heterocycles. The Balaban J connectivity index is 0. The number of rotatable bonds is 4. The van der Waals surface area contributed by atoms with Gasteiger partial charge in [0.15, 0.2) is 0 Å². The van der Waals surface area contributed by atoms with E-state index in [1.807, 2.05) is 6.92 Å². The predicted octanol–water partition coefficient (Wildman–Crippen LogP) is 4.67. The van der Waals surface area contributed by atoms with E-state index in [0.717, 1.165) is 29.6 Å². The molecule has 0 aromatic rings. The Bertz CT molecular complexity index is 194. The Morgan fingerprint density at radius 1 is 1.08 bits per heavy atom. The highest BCUT2D eigenvalue weighted by atomic mass is 13.9. The standard InChI is InChI=1S/C7H12.C6H10/c1-5-7(4)6(2)3;1-4-6(3)5-2/h2,4-5H2,1,3H3;4H,1,3,5H2,2H3. The second kappa shape index (κ2) is 9.05. The predicted molar refractivity (Wildman–Crippen MR) is 63.9 cm³/mol. The Morgan fingerprint density at radius 3 is 1.54 bits per heavy atom. The van der Waals surface area contributed by atoms with Crippen molar-refractivity contribution >= 4 is 0 Å². The summed E-state index contributed by atoms with van der Waals surface area (Å²) in [6.45, 7) is 20.8. The van der Waals surface area contributed by atoms with Crippen molar-refractivity contribution in [1.29, 1.82) is 0 Å². The van der Waals surface area contributed by atoms with E-state index in [0.29, 0.717) is 0 Å². The minimum atomic E-state index is 1.02. The largest absolute Gasteiger partial charge is 0.0988 e. The number of allylic oxidation sites excluding steroid dienone is 4. The minimum absolute atomic E-state index is 1.02. The van der Waals surface area contributed by atoms with Crippen LogP contribution in [0.4, 0.5) is 0 Å². The quantitative estimate of drug-likeness (QED) is 0.549. The third-order valence-electron chi connectivity index (χ3n) is 1.77. The molecule has 0 heterocycles. The van der Waals surface area contributed by atoms with Gasteiger partial charge in [-0.1, -0.05) is 63.0 Å². The van der Waals surface area contributed by atoms with Crippen molar-refractivity contribution in [3.05, 3.63) is 49.1 Å². The Hall–Kier alpha value is -1.04. The molecule has 0 aliphatic carbocycles. The van der Waals surface area contributed by atoms with E-state index in [9.17, 15) is 0 Å². The molecule has 0 N–H and O–H groups in total. The van der Waals surface area contributed by atoms with Crippen molar-refractivity contribution in [3.8, 4) is 0 Å². The number of hydrogen-bond donors (Lipinski definition) is 0. The van der Waals surface area contributed by atoms with Gasteiger partial charge in [0.05, 0.1) is 0 Å². The smallest absolute Gasteiger partial charge is 0.0311 e. The first kappa shape index (κ1) is 14.5. The van der Waals surface area contributed by atoms with Crippen molar-refractivity contribution in [2.24, 2.45) is 0 Å². The van der Waals surface area contributed by atoms with E-state index in [1.165, 1.54) is 0 Å². The van der Waals surface area contributed by atoms with E-state index >= 15 is 0 Å². The van der Waals surface area contributed by atoms with Crippen LogP contribution >= 0.6 is 0 Å². The molecule has 0 spiro atoms. The maximum atomic E-state index is 3.77. The van der Waals surface area contributed by atoms with Gasteiger partial charge in [0.25, 0.3) is 0 Å². The summed E-state index contributed by atoms with van der Waals surface area (Å²) in [5, 5.41) is 0. The van der Waals surface area contributed by atoms with Gasteiger partial charge in [-0.3, -0.25) is 0 Å². The highest BCUT2D eigenvalue weighted by Crippen LogP contribution is 2.05. The fourth-order valence-corrected chi connectivity index (χ4v) is 0.446. The van der Waals surface area contributed by atoms with Crippen LogP contribution in [0.2, 0.25) is 0 Å². The second-order valence-corrected chi connectivity index (χ2v) is 2.95. The highest BCUT2D eigenvalue weighted by molar-refractivity contribution is 5.21. The molecule has 13 heavy (non-hydrogen) atoms. The molecule has 0 aromatic carbocycles. The van der Waals surface area contributed by atoms with E-state index in [2.05, 4.69) is 40.2 Å². The van der Waals surface area contributed by atoms with Gasteiger partial charge < -0.3 is 0 Å². The maximum Gasteiger partial charge on any atom is -0.0311 e. The summed E-state index contributed by atoms with van der Waals surface area (Å²) in [4.78, 5) is 0. The van der Waals surface area contributed by atoms with Crippen LogP contribution in [0.3, 0.4) is 0 Å². The van der Waals surface area contributed by atoms with Gasteiger partial charge in [-0.15, -0.1) is 0 Å². The SMILES string of the molecule is C=C(C)C(=C)CC.C=CC(=C)CC. The zero-order chi connectivity index (χ0) is 10.9. The molecule has 0 heteroatoms. The van der Waals surface area contributed by atoms with Gasteiger partial charge >= 0.3 is 0 Å². The van der Waals surface area contributed by atoms with Crippen molar-refractivity contribution in [3.63, 3.8) is 0 Å². The summed E-state index contributed by atoms with van der Waals surface area (Å²) in [6.07, 6.45) is 3.82. The minimum Gasteiger partial charge on any atom is -0.0988 e. The van der Waals surface area contributed by atoms with Gasteiger partial charge in [0, 0.05) is 0 Å². The van der Waals surface area contributed by atoms with Crippen LogP contribution in [-0.4, -0.2) is 0 Å². The molecule has 0 saturated heterocycles. The Morgan fingerprint density at radius 2 is 1.54 bits per heavy atom. The summed E-state index contributed by atoms with van der Waals surface area (Å²) in [6, 6.07) is 0. The zero-order valence-corrected chi connectivity index (χ0v) is 9.32. The molecule has 0 unspecified atom stereocenters. The third-order valence-corrected chi connectivity index (χ3v) is 1.77. The molecule has 0 bridgehead atoms. The Labute approximate surface area is 83.4 Å². The average Bonchev–Trinajstić information content (AvgIpc) is 2.16. The van der Waals surface area contributed by atoms with Crippen LogP contribution in [0.1, 0.15) is 33.6 Å². The van der Waals surface area contributed by atoms with Crippen LogP contribution in [0.25, 0.3) is 0 Å². The normalized spacial score (nSPS) is 7.92. The third kappa shape index (κ3) is 11.0. The van der Waals surface area contributed by atoms with Gasteiger partial charge in [-0.25, -0.2) is 0 Å². The first-order valence-electron chi connectivity index (χ1n) is 4.63. The summed E-state index contributed by atoms with van der Waals surface area (Å²) in [5.74, 6) is 0. The lowest BCUT2D eigenvalue weighted by Gasteiger charge is -1.95. The van der Waals surface area contributed by atoms with E-state index in [-0.39, 0.29) is 0 Å². The molecule has 0 aliphatic rings. The zero-order valence-electron chi connectivity index (χ0n) is 9.32. The van der Waals surface area contributed by atoms with Crippen molar-refractivity contribution < 1.29 is 0 Å². The van der Waals surface area contributed by atoms with E-state index < -0.39 is 0 Å². The average molecular weight is 178 g/mol. The summed E-state index contributed by atoms with van der Waals surface area (Å²) in [7, 11) is 0. The molecule has 0 nitrogen and oxygen atoms in total. The molecule has 0 rings (SSSR count). The van der Waals surface area contributed by atoms with Gasteiger partial charge in [-0.2, -0.15) is 0 Å². The van der Waals surface area contributed by atoms with E-state index in [4.69, 9.17) is 0 Å². The summed E-state index contributed by atoms with van der Waals surface area (Å²) < 4.78 is 0. The van der Waals surface area contributed by atoms with Crippen molar-refractivity contribution in [1.82, 2.24) is 0 Å². The molecule has 74 valence electrons. The van der Waals surface area contributed by atoms with Crippen LogP contribution in [0.5, 0.6) is 0 Å². The van der Waals surface area contributed by atoms with Crippen LogP contribution in [0, 0.1) is 0 Å². The van der Waals surface area contributed by atoms with Crippen molar-refractivity contribution in [2.75, 3.05) is 0 Å². The lowest BCUT2D eigenvalue weighted by atomic mass is 10.1. The van der Waals surface area contributed by atoms with Gasteiger partial charge in [-0.05, 0) is 19.8 Å². The topological polar surface area (TPSA) is 0 Å². The highest BCUT2D eigenvalue weighted by Gasteiger charge is 1.85. The lowest BCUT2D eigenvalue weighted by Crippen LogP contribution is -1.74. The van der Waals surface area contributed by atoms with Crippen LogP contribution in [-0.2, 0) is 0 Å². The van der Waals surface area contributed by atoms with Crippen molar-refractivity contribution in [2.45, 2.75) is 33.6 Å². The molecular formula is C13H22. The molecule has 0 saturated carbocycles. The number of hydrogen-bond acceptors (Lipinski definition) is 0. The summed E-state index contributed by atoms with van der Waals surface area (Å²) in [5.41, 5.74) is 3.36. The molecule has 0 radical (unpaired) electrons. The molecule has 0 fully saturated rings.